The summed E-state index contributed by atoms with van der Waals surface area (Å²) in [5.41, 5.74) is 4.55. The second-order valence-electron chi connectivity index (χ2n) is 4.98. The van der Waals surface area contributed by atoms with Crippen LogP contribution in [0.25, 0.3) is 21.9 Å². The van der Waals surface area contributed by atoms with Crippen molar-refractivity contribution in [1.29, 1.82) is 0 Å². The van der Waals surface area contributed by atoms with Gasteiger partial charge in [-0.05, 0) is 59.0 Å². The summed E-state index contributed by atoms with van der Waals surface area (Å²) in [5, 5.41) is 12.2. The number of hydrogen-bond acceptors (Lipinski definition) is 1. The smallest absolute Gasteiger partial charge is 0.118 e. The van der Waals surface area contributed by atoms with Crippen LogP contribution < -0.4 is 0 Å². The fourth-order valence-electron chi connectivity index (χ4n) is 2.52. The van der Waals surface area contributed by atoms with E-state index >= 15 is 0 Å². The first-order valence-corrected chi connectivity index (χ1v) is 6.45. The van der Waals surface area contributed by atoms with Gasteiger partial charge in [-0.15, -0.1) is 0 Å². The van der Waals surface area contributed by atoms with E-state index in [1.165, 1.54) is 21.9 Å². The summed E-state index contributed by atoms with van der Waals surface area (Å²) >= 11 is 0. The molecule has 0 atom stereocenters. The number of rotatable bonds is 1. The molecule has 0 saturated carbocycles. The van der Waals surface area contributed by atoms with Crippen molar-refractivity contribution in [2.75, 3.05) is 0 Å². The van der Waals surface area contributed by atoms with Crippen LogP contribution in [0.5, 0.6) is 5.75 Å². The minimum absolute atomic E-state index is 0.347. The standard InChI is InChI=1S/C18H16O/c1-12-7-9-16(17-6-4-3-5-15(12)17)14-8-10-18(19)13(2)11-14/h3-11,19H,1-2H3. The van der Waals surface area contributed by atoms with Gasteiger partial charge >= 0.3 is 0 Å². The number of aromatic hydroxyl groups is 1. The first kappa shape index (κ1) is 11.8. The molecule has 3 aromatic rings. The summed E-state index contributed by atoms with van der Waals surface area (Å²) < 4.78 is 0. The molecule has 0 aromatic heterocycles. The van der Waals surface area contributed by atoms with Crippen molar-refractivity contribution < 1.29 is 5.11 Å². The average Bonchev–Trinajstić information content (AvgIpc) is 2.43. The van der Waals surface area contributed by atoms with E-state index < -0.39 is 0 Å². The highest BCUT2D eigenvalue weighted by molar-refractivity contribution is 5.98. The van der Waals surface area contributed by atoms with Crippen molar-refractivity contribution in [3.63, 3.8) is 0 Å². The zero-order chi connectivity index (χ0) is 13.4. The fraction of sp³-hybridized carbons (Fsp3) is 0.111. The quantitative estimate of drug-likeness (QED) is 0.654. The molecule has 3 rings (SSSR count). The zero-order valence-corrected chi connectivity index (χ0v) is 11.1. The maximum atomic E-state index is 9.65. The van der Waals surface area contributed by atoms with Crippen molar-refractivity contribution in [3.8, 4) is 16.9 Å². The predicted molar refractivity (Wildman–Crippen MR) is 80.5 cm³/mol. The molecule has 19 heavy (non-hydrogen) atoms. The summed E-state index contributed by atoms with van der Waals surface area (Å²) in [4.78, 5) is 0. The van der Waals surface area contributed by atoms with Crippen LogP contribution in [0.1, 0.15) is 11.1 Å². The minimum atomic E-state index is 0.347. The molecule has 0 aliphatic heterocycles. The molecule has 0 fully saturated rings. The van der Waals surface area contributed by atoms with Gasteiger partial charge in [0.1, 0.15) is 5.75 Å². The molecular weight excluding hydrogens is 232 g/mol. The third kappa shape index (κ3) is 1.97. The van der Waals surface area contributed by atoms with E-state index in [2.05, 4.69) is 43.3 Å². The highest BCUT2D eigenvalue weighted by Gasteiger charge is 2.06. The SMILES string of the molecule is Cc1cc(-c2ccc(C)c3ccccc23)ccc1O. The van der Waals surface area contributed by atoms with E-state index in [9.17, 15) is 5.11 Å². The fourth-order valence-corrected chi connectivity index (χ4v) is 2.52. The first-order valence-electron chi connectivity index (χ1n) is 6.45. The van der Waals surface area contributed by atoms with Gasteiger partial charge in [-0.3, -0.25) is 0 Å². The molecule has 1 N–H and O–H groups in total. The number of aryl methyl sites for hydroxylation is 2. The van der Waals surface area contributed by atoms with E-state index in [0.717, 1.165) is 11.1 Å². The van der Waals surface area contributed by atoms with Gasteiger partial charge < -0.3 is 5.11 Å². The molecule has 0 aliphatic carbocycles. The normalized spacial score (nSPS) is 10.8. The van der Waals surface area contributed by atoms with Crippen LogP contribution in [0.3, 0.4) is 0 Å². The molecule has 0 saturated heterocycles. The van der Waals surface area contributed by atoms with Gasteiger partial charge in [-0.2, -0.15) is 0 Å². The lowest BCUT2D eigenvalue weighted by molar-refractivity contribution is 0.471. The Morgan fingerprint density at radius 1 is 0.737 bits per heavy atom. The molecule has 0 spiro atoms. The Bertz CT molecular complexity index is 757. The van der Waals surface area contributed by atoms with Crippen LogP contribution in [-0.4, -0.2) is 5.11 Å². The number of phenolic OH excluding ortho intramolecular Hbond substituents is 1. The van der Waals surface area contributed by atoms with Crippen LogP contribution in [-0.2, 0) is 0 Å². The molecule has 0 bridgehead atoms. The average molecular weight is 248 g/mol. The van der Waals surface area contributed by atoms with Crippen molar-refractivity contribution in [1.82, 2.24) is 0 Å². The summed E-state index contributed by atoms with van der Waals surface area (Å²) in [6.07, 6.45) is 0. The minimum Gasteiger partial charge on any atom is -0.508 e. The Kier molecular flexibility index (Phi) is 2.75. The second-order valence-corrected chi connectivity index (χ2v) is 4.98. The summed E-state index contributed by atoms with van der Waals surface area (Å²) in [5.74, 6) is 0.347. The van der Waals surface area contributed by atoms with Gasteiger partial charge in [0.05, 0.1) is 0 Å². The van der Waals surface area contributed by atoms with Gasteiger partial charge in [0, 0.05) is 0 Å². The summed E-state index contributed by atoms with van der Waals surface area (Å²) in [7, 11) is 0. The Balaban J connectivity index is 2.31. The van der Waals surface area contributed by atoms with E-state index in [4.69, 9.17) is 0 Å². The van der Waals surface area contributed by atoms with E-state index in [0.29, 0.717) is 5.75 Å². The molecule has 94 valence electrons. The highest BCUT2D eigenvalue weighted by atomic mass is 16.3. The number of benzene rings is 3. The molecule has 1 nitrogen and oxygen atoms in total. The molecule has 0 aliphatic rings. The van der Waals surface area contributed by atoms with Crippen LogP contribution in [0.4, 0.5) is 0 Å². The third-order valence-electron chi connectivity index (χ3n) is 3.65. The zero-order valence-electron chi connectivity index (χ0n) is 11.1. The summed E-state index contributed by atoms with van der Waals surface area (Å²) in [6.45, 7) is 4.06. The summed E-state index contributed by atoms with van der Waals surface area (Å²) in [6, 6.07) is 18.5. The first-order chi connectivity index (χ1) is 9.16. The predicted octanol–water partition coefficient (Wildman–Crippen LogP) is 4.83. The van der Waals surface area contributed by atoms with E-state index in [1.807, 2.05) is 19.1 Å². The Hall–Kier alpha value is -2.28. The van der Waals surface area contributed by atoms with Gasteiger partial charge in [0.2, 0.25) is 0 Å². The van der Waals surface area contributed by atoms with E-state index in [-0.39, 0.29) is 0 Å². The molecule has 3 aromatic carbocycles. The lowest BCUT2D eigenvalue weighted by atomic mass is 9.94. The molecule has 0 radical (unpaired) electrons. The van der Waals surface area contributed by atoms with Gasteiger partial charge in [0.25, 0.3) is 0 Å². The number of fused-ring (bicyclic) bond motifs is 1. The van der Waals surface area contributed by atoms with Crippen molar-refractivity contribution >= 4 is 10.8 Å². The van der Waals surface area contributed by atoms with Gasteiger partial charge in [-0.1, -0.05) is 42.5 Å². The van der Waals surface area contributed by atoms with Crippen LogP contribution in [0.2, 0.25) is 0 Å². The third-order valence-corrected chi connectivity index (χ3v) is 3.65. The number of phenols is 1. The van der Waals surface area contributed by atoms with E-state index in [1.54, 1.807) is 6.07 Å². The molecule has 1 heteroatoms. The topological polar surface area (TPSA) is 20.2 Å². The van der Waals surface area contributed by atoms with Crippen LogP contribution >= 0.6 is 0 Å². The lowest BCUT2D eigenvalue weighted by Gasteiger charge is -2.10. The van der Waals surface area contributed by atoms with Crippen LogP contribution in [0, 0.1) is 13.8 Å². The molecule has 0 heterocycles. The number of hydrogen-bond donors (Lipinski definition) is 1. The maximum absolute atomic E-state index is 9.65. The Labute approximate surface area is 113 Å². The van der Waals surface area contributed by atoms with Crippen LogP contribution in [0.15, 0.2) is 54.6 Å². The Morgan fingerprint density at radius 3 is 2.21 bits per heavy atom. The van der Waals surface area contributed by atoms with Gasteiger partial charge in [-0.25, -0.2) is 0 Å². The Morgan fingerprint density at radius 2 is 1.47 bits per heavy atom. The van der Waals surface area contributed by atoms with Crippen molar-refractivity contribution in [3.05, 3.63) is 65.7 Å². The second kappa shape index (κ2) is 4.43. The van der Waals surface area contributed by atoms with Crippen molar-refractivity contribution in [2.45, 2.75) is 13.8 Å². The van der Waals surface area contributed by atoms with Crippen molar-refractivity contribution in [2.24, 2.45) is 0 Å². The highest BCUT2D eigenvalue weighted by Crippen LogP contribution is 2.32. The maximum Gasteiger partial charge on any atom is 0.118 e. The largest absolute Gasteiger partial charge is 0.508 e. The molecular formula is C18H16O. The lowest BCUT2D eigenvalue weighted by Crippen LogP contribution is -1.85. The molecule has 0 amide bonds. The molecule has 0 unspecified atom stereocenters. The van der Waals surface area contributed by atoms with Gasteiger partial charge in [0.15, 0.2) is 0 Å². The monoisotopic (exact) mass is 248 g/mol.